The minimum absolute atomic E-state index is 0.0341. The topological polar surface area (TPSA) is 6.48 Å². The van der Waals surface area contributed by atoms with E-state index < -0.39 is 5.41 Å². The number of para-hydroxylation sites is 2. The maximum absolute atomic E-state index is 2.74. The van der Waals surface area contributed by atoms with Gasteiger partial charge in [-0.05, 0) is 149 Å². The van der Waals surface area contributed by atoms with Gasteiger partial charge in [0.1, 0.15) is 0 Å². The van der Waals surface area contributed by atoms with E-state index in [1.165, 1.54) is 139 Å². The van der Waals surface area contributed by atoms with Gasteiger partial charge in [-0.25, -0.2) is 0 Å². The highest BCUT2D eigenvalue weighted by Crippen LogP contribution is 2.64. The van der Waals surface area contributed by atoms with Crippen molar-refractivity contribution in [3.63, 3.8) is 0 Å². The molecule has 0 fully saturated rings. The molecule has 338 valence electrons. The second kappa shape index (κ2) is 13.5. The van der Waals surface area contributed by atoms with Gasteiger partial charge >= 0.3 is 6.85 Å². The number of fused-ring (bicyclic) bond motifs is 18. The van der Waals surface area contributed by atoms with Gasteiger partial charge in [0.25, 0.3) is 0 Å². The third kappa shape index (κ3) is 5.34. The maximum atomic E-state index is 2.74. The molecular formula is C65H59BN2S. The molecular weight excluding hydrogens is 852 g/mol. The van der Waals surface area contributed by atoms with Crippen molar-refractivity contribution < 1.29 is 0 Å². The molecule has 0 bridgehead atoms. The molecule has 0 saturated heterocycles. The summed E-state index contributed by atoms with van der Waals surface area (Å²) in [6.07, 6.45) is 2.41. The van der Waals surface area contributed by atoms with Crippen LogP contribution >= 0.6 is 11.3 Å². The van der Waals surface area contributed by atoms with Gasteiger partial charge in [0, 0.05) is 48.5 Å². The van der Waals surface area contributed by atoms with Crippen molar-refractivity contribution in [3.05, 3.63) is 196 Å². The number of thiophene rings is 1. The molecule has 4 heterocycles. The summed E-state index contributed by atoms with van der Waals surface area (Å²) < 4.78 is 2.79. The molecule has 0 radical (unpaired) electrons. The quantitative estimate of drug-likeness (QED) is 0.151. The Kier molecular flexibility index (Phi) is 8.13. The Morgan fingerprint density at radius 1 is 0.493 bits per heavy atom. The van der Waals surface area contributed by atoms with E-state index in [0.29, 0.717) is 0 Å². The first-order valence-corrected chi connectivity index (χ1v) is 26.2. The van der Waals surface area contributed by atoms with Gasteiger partial charge in [-0.1, -0.05) is 178 Å². The summed E-state index contributed by atoms with van der Waals surface area (Å²) in [6, 6.07) is 60.0. The summed E-state index contributed by atoms with van der Waals surface area (Å²) in [4.78, 5) is 5.44. The number of hydrogen-bond donors (Lipinski definition) is 0. The van der Waals surface area contributed by atoms with Crippen molar-refractivity contribution in [3.8, 4) is 22.3 Å². The Labute approximate surface area is 412 Å². The van der Waals surface area contributed by atoms with Crippen molar-refractivity contribution >= 4 is 77.7 Å². The van der Waals surface area contributed by atoms with Crippen molar-refractivity contribution in [2.24, 2.45) is 0 Å². The van der Waals surface area contributed by atoms with Crippen molar-refractivity contribution in [2.75, 3.05) is 9.71 Å². The van der Waals surface area contributed by atoms with Crippen LogP contribution in [0.25, 0.3) is 42.4 Å². The molecule has 69 heavy (non-hydrogen) atoms. The molecule has 0 unspecified atom stereocenters. The lowest BCUT2D eigenvalue weighted by Crippen LogP contribution is -2.62. The largest absolute Gasteiger partial charge is 0.376 e. The molecule has 14 rings (SSSR count). The minimum atomic E-state index is -0.495. The van der Waals surface area contributed by atoms with Gasteiger partial charge < -0.3 is 9.71 Å². The fourth-order valence-electron chi connectivity index (χ4n) is 13.7. The third-order valence-corrected chi connectivity index (χ3v) is 18.6. The maximum Gasteiger partial charge on any atom is 0.333 e. The molecule has 5 aliphatic rings. The molecule has 2 nitrogen and oxygen atoms in total. The molecule has 9 aromatic rings. The van der Waals surface area contributed by atoms with Crippen molar-refractivity contribution in [2.45, 2.75) is 109 Å². The molecule has 0 amide bonds. The summed E-state index contributed by atoms with van der Waals surface area (Å²) in [7, 11) is 0. The molecule has 4 heteroatoms. The number of rotatable bonds is 1. The smallest absolute Gasteiger partial charge is 0.333 e. The zero-order valence-electron chi connectivity index (χ0n) is 41.7. The fraction of sp³-hybridized carbons (Fsp3) is 0.262. The number of nitrogens with zero attached hydrogens (tertiary/aromatic N) is 2. The van der Waals surface area contributed by atoms with E-state index in [-0.39, 0.29) is 28.5 Å². The fourth-order valence-corrected chi connectivity index (χ4v) is 15.0. The van der Waals surface area contributed by atoms with Crippen molar-refractivity contribution in [1.82, 2.24) is 0 Å². The zero-order chi connectivity index (χ0) is 47.3. The molecule has 0 saturated carbocycles. The van der Waals surface area contributed by atoms with Gasteiger partial charge in [-0.15, -0.1) is 11.3 Å². The van der Waals surface area contributed by atoms with E-state index >= 15 is 0 Å². The van der Waals surface area contributed by atoms with E-state index in [4.69, 9.17) is 0 Å². The molecule has 3 aliphatic heterocycles. The second-order valence-corrected chi connectivity index (χ2v) is 25.4. The predicted molar refractivity (Wildman–Crippen MR) is 297 cm³/mol. The van der Waals surface area contributed by atoms with Crippen LogP contribution in [0.5, 0.6) is 0 Å². The molecule has 8 aromatic carbocycles. The summed E-state index contributed by atoms with van der Waals surface area (Å²) in [5.41, 5.74) is 25.4. The van der Waals surface area contributed by atoms with E-state index in [1.807, 2.05) is 11.3 Å². The van der Waals surface area contributed by atoms with Crippen LogP contribution in [-0.4, -0.2) is 6.85 Å². The average molecular weight is 911 g/mol. The van der Waals surface area contributed by atoms with Gasteiger partial charge in [0.15, 0.2) is 0 Å². The van der Waals surface area contributed by atoms with Crippen LogP contribution in [-0.2, 0) is 27.1 Å². The minimum Gasteiger partial charge on any atom is -0.376 e. The van der Waals surface area contributed by atoms with Crippen LogP contribution < -0.4 is 20.6 Å². The van der Waals surface area contributed by atoms with Crippen LogP contribution in [0.1, 0.15) is 127 Å². The zero-order valence-corrected chi connectivity index (χ0v) is 42.5. The molecule has 1 spiro atoms. The highest BCUT2D eigenvalue weighted by Gasteiger charge is 2.56. The van der Waals surface area contributed by atoms with E-state index in [0.717, 1.165) is 0 Å². The highest BCUT2D eigenvalue weighted by atomic mass is 32.1. The van der Waals surface area contributed by atoms with E-state index in [2.05, 4.69) is 231 Å². The highest BCUT2D eigenvalue weighted by molar-refractivity contribution is 7.26. The lowest BCUT2D eigenvalue weighted by Gasteiger charge is -2.51. The number of anilines is 5. The molecule has 0 atom stereocenters. The van der Waals surface area contributed by atoms with E-state index in [1.54, 1.807) is 0 Å². The first-order valence-electron chi connectivity index (χ1n) is 25.3. The number of benzene rings is 8. The van der Waals surface area contributed by atoms with Gasteiger partial charge in [-0.3, -0.25) is 0 Å². The Hall–Kier alpha value is -6.36. The SMILES string of the molecule is CC(C)(C)c1ccc(N2B3c4cccc5c4N(c4ccccc4C54c5ccccc5-c5ccccc54)c4cc(C(C)(C)C)cc(c43)-c3c2ccc2c3sc3cc4c(cc32)C(C)(C)CCC4(C)C)cc1. The standard InChI is InChI=1S/C65H59BN2S/c1-61(2,3)38-26-28-40(29-27-38)68-54-31-30-43-44-36-50-51(64(9,10)33-32-63(50,7)8)37-56(44)69-60(43)57(54)45-34-39(62(4,5)6)35-55-58(45)66(68)52-24-17-23-49-59(52)67(55)53-25-16-15-22-48(53)65(49)46-20-13-11-18-41(46)42-19-12-14-21-47(42)65/h11-31,34-37H,32-33H2,1-10H3. The normalized spacial score (nSPS) is 17.3. The Bertz CT molecular complexity index is 3680. The van der Waals surface area contributed by atoms with Gasteiger partial charge in [0.2, 0.25) is 0 Å². The van der Waals surface area contributed by atoms with Crippen LogP contribution in [0.3, 0.4) is 0 Å². The monoisotopic (exact) mass is 910 g/mol. The second-order valence-electron chi connectivity index (χ2n) is 24.3. The Morgan fingerprint density at radius 3 is 1.77 bits per heavy atom. The average Bonchev–Trinajstić information content (AvgIpc) is 3.85. The van der Waals surface area contributed by atoms with Crippen LogP contribution in [0.4, 0.5) is 28.4 Å². The Morgan fingerprint density at radius 2 is 1.10 bits per heavy atom. The van der Waals surface area contributed by atoms with E-state index in [9.17, 15) is 0 Å². The third-order valence-electron chi connectivity index (χ3n) is 17.4. The number of hydrogen-bond acceptors (Lipinski definition) is 3. The molecule has 2 aliphatic carbocycles. The summed E-state index contributed by atoms with van der Waals surface area (Å²) >= 11 is 2.02. The van der Waals surface area contributed by atoms with Crippen LogP contribution in [0, 0.1) is 0 Å². The lowest BCUT2D eigenvalue weighted by molar-refractivity contribution is 0.332. The van der Waals surface area contributed by atoms with Gasteiger partial charge in [0.05, 0.1) is 11.1 Å². The first-order chi connectivity index (χ1) is 33.0. The van der Waals surface area contributed by atoms with Crippen LogP contribution in [0.15, 0.2) is 152 Å². The first kappa shape index (κ1) is 41.6. The van der Waals surface area contributed by atoms with Crippen molar-refractivity contribution in [1.29, 1.82) is 0 Å². The summed E-state index contributed by atoms with van der Waals surface area (Å²) in [5.74, 6) is 0. The predicted octanol–water partition coefficient (Wildman–Crippen LogP) is 16.4. The lowest BCUT2D eigenvalue weighted by atomic mass is 9.42. The van der Waals surface area contributed by atoms with Crippen LogP contribution in [0.2, 0.25) is 0 Å². The summed E-state index contributed by atoms with van der Waals surface area (Å²) in [6.45, 7) is 23.9. The molecule has 0 N–H and O–H groups in total. The summed E-state index contributed by atoms with van der Waals surface area (Å²) in [5, 5.41) is 2.77. The Balaban J connectivity index is 1.13. The van der Waals surface area contributed by atoms with Gasteiger partial charge in [-0.2, -0.15) is 0 Å². The molecule has 1 aromatic heterocycles.